The summed E-state index contributed by atoms with van der Waals surface area (Å²) in [7, 11) is 0. The molecule has 0 saturated carbocycles. The third-order valence-electron chi connectivity index (χ3n) is 2.82. The van der Waals surface area contributed by atoms with E-state index in [1.54, 1.807) is 17.5 Å². The van der Waals surface area contributed by atoms with Crippen molar-refractivity contribution in [2.75, 3.05) is 5.32 Å². The number of allylic oxidation sites excluding steroid dienone is 1. The summed E-state index contributed by atoms with van der Waals surface area (Å²) >= 11 is 1.60. The van der Waals surface area contributed by atoms with Crippen LogP contribution in [0, 0.1) is 18.3 Å². The fourth-order valence-corrected chi connectivity index (χ4v) is 2.60. The smallest absolute Gasteiger partial charge is 0.216 e. The average Bonchev–Trinajstić information content (AvgIpc) is 3.20. The first kappa shape index (κ1) is 13.9. The third kappa shape index (κ3) is 2.99. The molecule has 0 aliphatic carbocycles. The zero-order valence-corrected chi connectivity index (χ0v) is 12.4. The predicted molar refractivity (Wildman–Crippen MR) is 83.7 cm³/mol. The number of anilines is 1. The van der Waals surface area contributed by atoms with Crippen molar-refractivity contribution in [1.82, 2.24) is 25.6 Å². The lowest BCUT2D eigenvalue weighted by Crippen LogP contribution is -1.93. The van der Waals surface area contributed by atoms with Gasteiger partial charge in [-0.2, -0.15) is 10.5 Å². The molecule has 2 heterocycles. The minimum atomic E-state index is 0.252. The highest BCUT2D eigenvalue weighted by Crippen LogP contribution is 2.26. The molecular weight excluding hydrogens is 298 g/mol. The van der Waals surface area contributed by atoms with Crippen LogP contribution in [-0.4, -0.2) is 25.6 Å². The fourth-order valence-electron chi connectivity index (χ4n) is 1.81. The molecule has 0 bridgehead atoms. The number of H-pyrrole nitrogens is 1. The second-order valence-electron chi connectivity index (χ2n) is 4.42. The van der Waals surface area contributed by atoms with Crippen LogP contribution >= 0.6 is 11.3 Å². The molecule has 0 atom stereocenters. The summed E-state index contributed by atoms with van der Waals surface area (Å²) in [6.07, 6.45) is 1.55. The molecular formula is C14H11N7S. The van der Waals surface area contributed by atoms with Crippen LogP contribution in [0.2, 0.25) is 0 Å². The van der Waals surface area contributed by atoms with E-state index in [9.17, 15) is 0 Å². The van der Waals surface area contributed by atoms with E-state index in [1.807, 2.05) is 42.6 Å². The van der Waals surface area contributed by atoms with E-state index in [0.717, 1.165) is 22.0 Å². The quantitative estimate of drug-likeness (QED) is 0.718. The molecule has 0 aliphatic rings. The van der Waals surface area contributed by atoms with Gasteiger partial charge in [0.2, 0.25) is 5.82 Å². The minimum Gasteiger partial charge on any atom is -0.360 e. The number of thiazole rings is 1. The molecule has 22 heavy (non-hydrogen) atoms. The highest BCUT2D eigenvalue weighted by molar-refractivity contribution is 7.13. The molecule has 0 spiro atoms. The number of benzene rings is 1. The Labute approximate surface area is 130 Å². The van der Waals surface area contributed by atoms with Crippen molar-refractivity contribution < 1.29 is 0 Å². The summed E-state index contributed by atoms with van der Waals surface area (Å²) in [5, 5.41) is 28.5. The van der Waals surface area contributed by atoms with Gasteiger partial charge in [0, 0.05) is 28.5 Å². The molecule has 3 aromatic rings. The van der Waals surface area contributed by atoms with E-state index in [2.05, 4.69) is 30.9 Å². The van der Waals surface area contributed by atoms with Gasteiger partial charge in [-0.1, -0.05) is 12.1 Å². The van der Waals surface area contributed by atoms with Gasteiger partial charge in [0.05, 0.1) is 0 Å². The zero-order valence-electron chi connectivity index (χ0n) is 11.6. The molecule has 0 fully saturated rings. The predicted octanol–water partition coefficient (Wildman–Crippen LogP) is 2.61. The molecule has 108 valence electrons. The van der Waals surface area contributed by atoms with Gasteiger partial charge in [-0.15, -0.1) is 21.5 Å². The van der Waals surface area contributed by atoms with Gasteiger partial charge >= 0.3 is 0 Å². The van der Waals surface area contributed by atoms with Gasteiger partial charge in [-0.25, -0.2) is 4.98 Å². The normalized spacial score (nSPS) is 11.2. The van der Waals surface area contributed by atoms with E-state index in [-0.39, 0.29) is 5.82 Å². The Hall–Kier alpha value is -3.05. The number of rotatable bonds is 4. The zero-order chi connectivity index (χ0) is 15.4. The summed E-state index contributed by atoms with van der Waals surface area (Å²) in [5.41, 5.74) is 3.17. The number of hydrogen-bond acceptors (Lipinski definition) is 7. The van der Waals surface area contributed by atoms with Gasteiger partial charge in [0.1, 0.15) is 16.6 Å². The average molecular weight is 309 g/mol. The van der Waals surface area contributed by atoms with Crippen LogP contribution in [0.3, 0.4) is 0 Å². The largest absolute Gasteiger partial charge is 0.360 e. The van der Waals surface area contributed by atoms with Gasteiger partial charge < -0.3 is 5.32 Å². The minimum absolute atomic E-state index is 0.252. The summed E-state index contributed by atoms with van der Waals surface area (Å²) in [5.74, 6) is 0.252. The summed E-state index contributed by atoms with van der Waals surface area (Å²) < 4.78 is 0. The molecule has 3 rings (SSSR count). The SMILES string of the molecule is Cc1csc(-c2cccc(NC=C(C#N)c3nn[nH]n3)c2)n1. The van der Waals surface area contributed by atoms with Crippen molar-refractivity contribution >= 4 is 22.6 Å². The number of nitriles is 1. The maximum atomic E-state index is 9.12. The van der Waals surface area contributed by atoms with Crippen molar-refractivity contribution in [3.05, 3.63) is 47.4 Å². The number of aryl methyl sites for hydroxylation is 1. The van der Waals surface area contributed by atoms with E-state index in [4.69, 9.17) is 5.26 Å². The maximum absolute atomic E-state index is 9.12. The molecule has 7 nitrogen and oxygen atoms in total. The molecule has 1 aromatic carbocycles. The molecule has 8 heteroatoms. The van der Waals surface area contributed by atoms with Crippen LogP contribution in [0.25, 0.3) is 16.1 Å². The molecule has 0 saturated heterocycles. The number of aromatic nitrogens is 5. The van der Waals surface area contributed by atoms with Crippen LogP contribution in [0.1, 0.15) is 11.5 Å². The first-order valence-corrected chi connectivity index (χ1v) is 7.27. The monoisotopic (exact) mass is 309 g/mol. The van der Waals surface area contributed by atoms with Crippen molar-refractivity contribution in [2.24, 2.45) is 0 Å². The first-order chi connectivity index (χ1) is 10.8. The van der Waals surface area contributed by atoms with Crippen molar-refractivity contribution in [1.29, 1.82) is 5.26 Å². The number of tetrazole rings is 1. The Bertz CT molecular complexity index is 842. The van der Waals surface area contributed by atoms with Gasteiger partial charge in [-0.3, -0.25) is 0 Å². The third-order valence-corrected chi connectivity index (χ3v) is 3.83. The fraction of sp³-hybridized carbons (Fsp3) is 0.0714. The maximum Gasteiger partial charge on any atom is 0.216 e. The standard InChI is InChI=1S/C14H11N7S/c1-9-8-22-14(17-9)10-3-2-4-12(5-10)16-7-11(6-15)13-18-20-21-19-13/h2-5,7-8,16H,1H3,(H,18,19,20,21). The van der Waals surface area contributed by atoms with Gasteiger partial charge in [0.25, 0.3) is 0 Å². The van der Waals surface area contributed by atoms with Gasteiger partial charge in [0.15, 0.2) is 0 Å². The van der Waals surface area contributed by atoms with Crippen molar-refractivity contribution in [3.63, 3.8) is 0 Å². The lowest BCUT2D eigenvalue weighted by Gasteiger charge is -2.03. The molecule has 0 unspecified atom stereocenters. The number of hydrogen-bond donors (Lipinski definition) is 2. The Kier molecular flexibility index (Phi) is 3.89. The molecule has 0 radical (unpaired) electrons. The van der Waals surface area contributed by atoms with Crippen LogP contribution in [0.5, 0.6) is 0 Å². The van der Waals surface area contributed by atoms with Crippen LogP contribution < -0.4 is 5.32 Å². The summed E-state index contributed by atoms with van der Waals surface area (Å²) in [6.45, 7) is 1.97. The first-order valence-electron chi connectivity index (χ1n) is 6.39. The second kappa shape index (κ2) is 6.15. The Morgan fingerprint density at radius 1 is 1.45 bits per heavy atom. The number of nitrogens with one attached hydrogen (secondary N) is 2. The van der Waals surface area contributed by atoms with E-state index in [0.29, 0.717) is 5.57 Å². The van der Waals surface area contributed by atoms with E-state index < -0.39 is 0 Å². The lowest BCUT2D eigenvalue weighted by atomic mass is 10.2. The lowest BCUT2D eigenvalue weighted by molar-refractivity contribution is 0.881. The molecule has 0 amide bonds. The summed E-state index contributed by atoms with van der Waals surface area (Å²) in [4.78, 5) is 4.46. The van der Waals surface area contributed by atoms with Crippen LogP contribution in [-0.2, 0) is 0 Å². The van der Waals surface area contributed by atoms with Crippen molar-refractivity contribution in [3.8, 4) is 16.6 Å². The van der Waals surface area contributed by atoms with Crippen LogP contribution in [0.4, 0.5) is 5.69 Å². The highest BCUT2D eigenvalue weighted by atomic mass is 32.1. The molecule has 2 aromatic heterocycles. The topological polar surface area (TPSA) is 103 Å². The van der Waals surface area contributed by atoms with Gasteiger partial charge in [-0.05, 0) is 24.3 Å². The van der Waals surface area contributed by atoms with E-state index in [1.165, 1.54) is 0 Å². The van der Waals surface area contributed by atoms with Crippen LogP contribution in [0.15, 0.2) is 35.8 Å². The number of aromatic amines is 1. The Balaban J connectivity index is 1.83. The number of nitrogens with zero attached hydrogens (tertiary/aromatic N) is 5. The van der Waals surface area contributed by atoms with E-state index >= 15 is 0 Å². The highest BCUT2D eigenvalue weighted by Gasteiger charge is 2.06. The summed E-state index contributed by atoms with van der Waals surface area (Å²) in [6, 6.07) is 9.84. The molecule has 2 N–H and O–H groups in total. The second-order valence-corrected chi connectivity index (χ2v) is 5.28. The molecule has 0 aliphatic heterocycles. The Morgan fingerprint density at radius 3 is 3.05 bits per heavy atom. The van der Waals surface area contributed by atoms with Crippen molar-refractivity contribution in [2.45, 2.75) is 6.92 Å². The Morgan fingerprint density at radius 2 is 2.36 bits per heavy atom.